The zero-order valence-electron chi connectivity index (χ0n) is 15.5. The second-order valence-corrected chi connectivity index (χ2v) is 6.94. The summed E-state index contributed by atoms with van der Waals surface area (Å²) in [6, 6.07) is 15.3. The molecule has 0 aliphatic carbocycles. The molecule has 0 heterocycles. The zero-order chi connectivity index (χ0) is 20.2. The molecule has 0 unspecified atom stereocenters. The summed E-state index contributed by atoms with van der Waals surface area (Å²) < 4.78 is 2.99. The second-order valence-electron chi connectivity index (χ2n) is 6.07. The summed E-state index contributed by atoms with van der Waals surface area (Å²) in [5.74, 6) is 0.225. The van der Waals surface area contributed by atoms with Crippen LogP contribution >= 0.6 is 11.9 Å². The monoisotopic (exact) mass is 399 g/mol. The molecule has 148 valence electrons. The van der Waals surface area contributed by atoms with Gasteiger partial charge >= 0.3 is 0 Å². The van der Waals surface area contributed by atoms with Crippen LogP contribution in [0.5, 0.6) is 0 Å². The molecule has 0 aliphatic rings. The lowest BCUT2D eigenvalue weighted by atomic mass is 10.1. The van der Waals surface area contributed by atoms with Gasteiger partial charge in [0.15, 0.2) is 0 Å². The topological polar surface area (TPSA) is 120 Å². The van der Waals surface area contributed by atoms with Crippen molar-refractivity contribution in [3.8, 4) is 0 Å². The van der Waals surface area contributed by atoms with Crippen LogP contribution in [-0.2, 0) is 28.4 Å². The molecule has 0 aromatic heterocycles. The molecule has 0 aliphatic heterocycles. The zero-order valence-corrected chi connectivity index (χ0v) is 16.4. The highest BCUT2D eigenvalue weighted by Gasteiger charge is 2.05. The van der Waals surface area contributed by atoms with E-state index < -0.39 is 0 Å². The summed E-state index contributed by atoms with van der Waals surface area (Å²) in [6.07, 6.45) is 1.27. The molecular weight excluding hydrogens is 374 g/mol. The van der Waals surface area contributed by atoms with Crippen LogP contribution in [0.3, 0.4) is 0 Å². The quantitative estimate of drug-likeness (QED) is 0.222. The van der Waals surface area contributed by atoms with Crippen LogP contribution in [0.25, 0.3) is 0 Å². The Labute approximate surface area is 169 Å². The smallest absolute Gasteiger partial charge is 0.239 e. The summed E-state index contributed by atoms with van der Waals surface area (Å²) in [4.78, 5) is 23.6. The van der Waals surface area contributed by atoms with Crippen LogP contribution in [-0.4, -0.2) is 31.1 Å². The predicted molar refractivity (Wildman–Crippen MR) is 113 cm³/mol. The van der Waals surface area contributed by atoms with E-state index in [1.54, 1.807) is 0 Å². The van der Waals surface area contributed by atoms with Gasteiger partial charge in [0, 0.05) is 25.1 Å². The first-order valence-electron chi connectivity index (χ1n) is 8.86. The Morgan fingerprint density at radius 1 is 0.964 bits per heavy atom. The van der Waals surface area contributed by atoms with E-state index >= 15 is 0 Å². The lowest BCUT2D eigenvalue weighted by molar-refractivity contribution is -0.125. The summed E-state index contributed by atoms with van der Waals surface area (Å²) in [7, 11) is 0. The molecular formula is C20H25N5O2S. The van der Waals surface area contributed by atoms with Crippen molar-refractivity contribution in [1.29, 1.82) is 5.41 Å². The van der Waals surface area contributed by atoms with Gasteiger partial charge in [-0.15, -0.1) is 0 Å². The van der Waals surface area contributed by atoms with E-state index in [1.165, 1.54) is 18.2 Å². The van der Waals surface area contributed by atoms with E-state index in [9.17, 15) is 9.59 Å². The molecule has 2 amide bonds. The molecule has 0 atom stereocenters. The van der Waals surface area contributed by atoms with Gasteiger partial charge in [-0.3, -0.25) is 14.3 Å². The number of benzene rings is 2. The van der Waals surface area contributed by atoms with Crippen molar-refractivity contribution in [1.82, 2.24) is 15.4 Å². The van der Waals surface area contributed by atoms with Crippen molar-refractivity contribution in [2.24, 2.45) is 5.73 Å². The molecule has 0 bridgehead atoms. The molecule has 0 radical (unpaired) electrons. The van der Waals surface area contributed by atoms with Crippen LogP contribution < -0.4 is 21.1 Å². The van der Waals surface area contributed by atoms with Gasteiger partial charge in [-0.25, -0.2) is 0 Å². The Morgan fingerprint density at radius 3 is 2.39 bits per heavy atom. The Bertz CT molecular complexity index is 795. The highest BCUT2D eigenvalue weighted by molar-refractivity contribution is 7.96. The van der Waals surface area contributed by atoms with Gasteiger partial charge in [0.05, 0.1) is 13.1 Å². The minimum Gasteiger partial charge on any atom is -0.350 e. The maximum atomic E-state index is 11.8. The van der Waals surface area contributed by atoms with E-state index in [4.69, 9.17) is 11.1 Å². The molecule has 6 N–H and O–H groups in total. The van der Waals surface area contributed by atoms with Gasteiger partial charge in [0.1, 0.15) is 0 Å². The van der Waals surface area contributed by atoms with Gasteiger partial charge in [-0.05, 0) is 22.3 Å². The van der Waals surface area contributed by atoms with E-state index in [0.29, 0.717) is 13.1 Å². The van der Waals surface area contributed by atoms with Crippen LogP contribution in [0, 0.1) is 5.41 Å². The van der Waals surface area contributed by atoms with Crippen LogP contribution in [0.2, 0.25) is 0 Å². The Balaban J connectivity index is 1.58. The average Bonchev–Trinajstić information content (AvgIpc) is 2.74. The number of nitrogens with one attached hydrogen (secondary N) is 4. The van der Waals surface area contributed by atoms with Gasteiger partial charge < -0.3 is 21.8 Å². The fourth-order valence-electron chi connectivity index (χ4n) is 2.33. The molecule has 0 spiro atoms. The highest BCUT2D eigenvalue weighted by atomic mass is 32.2. The van der Waals surface area contributed by atoms with Crippen molar-refractivity contribution in [3.63, 3.8) is 0 Å². The molecule has 8 heteroatoms. The molecule has 0 fully saturated rings. The predicted octanol–water partition coefficient (Wildman–Crippen LogP) is 1.31. The molecule has 7 nitrogen and oxygen atoms in total. The van der Waals surface area contributed by atoms with E-state index in [1.807, 2.05) is 48.5 Å². The van der Waals surface area contributed by atoms with E-state index in [0.717, 1.165) is 28.0 Å². The van der Waals surface area contributed by atoms with Gasteiger partial charge in [-0.1, -0.05) is 60.5 Å². The Hall–Kier alpha value is -2.68. The minimum absolute atomic E-state index is 0.0672. The maximum absolute atomic E-state index is 11.8. The number of hydrogen-bond donors (Lipinski definition) is 5. The number of carbonyl (C=O) groups is 2. The third kappa shape index (κ3) is 7.91. The number of nitrogens with two attached hydrogens (primary N) is 1. The molecule has 2 aromatic rings. The van der Waals surface area contributed by atoms with Crippen LogP contribution in [0.4, 0.5) is 0 Å². The second kappa shape index (κ2) is 11.9. The first-order valence-corrected chi connectivity index (χ1v) is 9.84. The summed E-state index contributed by atoms with van der Waals surface area (Å²) in [6.45, 7) is 0.941. The Kier molecular flexibility index (Phi) is 9.20. The number of amides is 2. The number of carbonyl (C=O) groups excluding carboxylic acids is 2. The fourth-order valence-corrected chi connectivity index (χ4v) is 3.02. The maximum Gasteiger partial charge on any atom is 0.239 e. The van der Waals surface area contributed by atoms with E-state index in [-0.39, 0.29) is 24.9 Å². The van der Waals surface area contributed by atoms with Crippen molar-refractivity contribution in [2.75, 3.05) is 13.1 Å². The number of rotatable bonds is 11. The third-order valence-corrected chi connectivity index (χ3v) is 4.71. The summed E-state index contributed by atoms with van der Waals surface area (Å²) >= 11 is 1.43. The third-order valence-electron chi connectivity index (χ3n) is 3.88. The normalized spacial score (nSPS) is 10.3. The van der Waals surface area contributed by atoms with Crippen molar-refractivity contribution >= 4 is 30.0 Å². The first kappa shape index (κ1) is 21.6. The SMILES string of the molecule is N=Cc1ccc(CNC(=O)CNC(=O)CNSCc2cccc(CN)c2)cc1. The molecule has 2 aromatic carbocycles. The largest absolute Gasteiger partial charge is 0.350 e. The standard InChI is InChI=1S/C20H25N5O2S/c21-9-15-4-6-16(7-5-15)11-23-19(26)12-24-20(27)13-25-28-14-18-3-1-2-17(8-18)10-22/h1-9,21,25H,10-14,22H2,(H,23,26)(H,24,27). The highest BCUT2D eigenvalue weighted by Crippen LogP contribution is 2.11. The van der Waals surface area contributed by atoms with Gasteiger partial charge in [0.2, 0.25) is 11.8 Å². The van der Waals surface area contributed by atoms with Crippen LogP contribution in [0.15, 0.2) is 48.5 Å². The van der Waals surface area contributed by atoms with Crippen molar-refractivity contribution < 1.29 is 9.59 Å². The molecule has 0 saturated heterocycles. The summed E-state index contributed by atoms with van der Waals surface area (Å²) in [5, 5.41) is 12.5. The van der Waals surface area contributed by atoms with Crippen molar-refractivity contribution in [3.05, 3.63) is 70.8 Å². The minimum atomic E-state index is -0.254. The Morgan fingerprint density at radius 2 is 1.68 bits per heavy atom. The van der Waals surface area contributed by atoms with E-state index in [2.05, 4.69) is 15.4 Å². The molecule has 0 saturated carbocycles. The average molecular weight is 400 g/mol. The molecule has 28 heavy (non-hydrogen) atoms. The fraction of sp³-hybridized carbons (Fsp3) is 0.250. The van der Waals surface area contributed by atoms with Gasteiger partial charge in [-0.2, -0.15) is 0 Å². The lowest BCUT2D eigenvalue weighted by Crippen LogP contribution is -2.39. The van der Waals surface area contributed by atoms with Crippen LogP contribution in [0.1, 0.15) is 22.3 Å². The van der Waals surface area contributed by atoms with Gasteiger partial charge in [0.25, 0.3) is 0 Å². The lowest BCUT2D eigenvalue weighted by Gasteiger charge is -2.08. The first-order chi connectivity index (χ1) is 13.6. The summed E-state index contributed by atoms with van der Waals surface area (Å²) in [5.41, 5.74) is 9.57. The number of hydrogen-bond acceptors (Lipinski definition) is 6. The molecule has 2 rings (SSSR count). The van der Waals surface area contributed by atoms with Crippen molar-refractivity contribution in [2.45, 2.75) is 18.8 Å².